The molecule has 0 unspecified atom stereocenters. The first-order valence-electron chi connectivity index (χ1n) is 7.39. The molecule has 2 aromatic rings. The van der Waals surface area contributed by atoms with Crippen LogP contribution in [0.1, 0.15) is 15.9 Å². The number of ether oxygens (including phenoxy) is 1. The molecule has 2 rings (SSSR count). The Bertz CT molecular complexity index is 800. The lowest BCUT2D eigenvalue weighted by Crippen LogP contribution is -2.44. The predicted octanol–water partition coefficient (Wildman–Crippen LogP) is 3.07. The Labute approximate surface area is 147 Å². The number of carbonyl (C=O) groups excluding carboxylic acids is 2. The largest absolute Gasteiger partial charge is 0.681 e. The van der Waals surface area contributed by atoms with Crippen molar-refractivity contribution in [2.75, 3.05) is 7.11 Å². The molecule has 0 aliphatic heterocycles. The molecule has 0 fully saturated rings. The number of alkyl halides is 2. The zero-order valence-corrected chi connectivity index (χ0v) is 13.6. The van der Waals surface area contributed by atoms with E-state index < -0.39 is 24.1 Å². The molecule has 0 atom stereocenters. The maximum Gasteiger partial charge on any atom is 0.317 e. The molecule has 0 spiro atoms. The zero-order chi connectivity index (χ0) is 19.1. The minimum Gasteiger partial charge on any atom is -0.681 e. The minimum atomic E-state index is -3.27. The van der Waals surface area contributed by atoms with E-state index in [1.807, 2.05) is 0 Å². The van der Waals surface area contributed by atoms with Crippen molar-refractivity contribution in [3.63, 3.8) is 0 Å². The fraction of sp³-hybridized carbons (Fsp3) is 0.176. The lowest BCUT2D eigenvalue weighted by atomic mass is 10.1. The molecule has 9 heteroatoms. The molecule has 2 aromatic carbocycles. The summed E-state index contributed by atoms with van der Waals surface area (Å²) in [5.41, 5.74) is 4.00. The second-order valence-electron chi connectivity index (χ2n) is 5.07. The molecule has 6 nitrogen and oxygen atoms in total. The van der Waals surface area contributed by atoms with E-state index in [1.165, 1.54) is 24.7 Å². The lowest BCUT2D eigenvalue weighted by Gasteiger charge is -2.22. The Balaban J connectivity index is 1.97. The average molecular weight is 366 g/mol. The number of amides is 2. The van der Waals surface area contributed by atoms with E-state index in [0.29, 0.717) is 11.4 Å². The molecule has 0 aliphatic carbocycles. The standard InChI is InChI=1S/C17H15F3N3O3/c1-26-13-4-2-3-12(8-13)21-9-11-6-5-10(7-14(11)18)16(24)22-23-17(25)15(19)20/h2-8,15H,9H2,1H3,(H,22,24)(H,23,25)/q-1. The Morgan fingerprint density at radius 1 is 1.15 bits per heavy atom. The molecule has 0 saturated heterocycles. The molecule has 0 heterocycles. The topological polar surface area (TPSA) is 81.5 Å². The third kappa shape index (κ3) is 5.13. The second-order valence-corrected chi connectivity index (χ2v) is 5.07. The minimum absolute atomic E-state index is 0.0308. The first-order valence-corrected chi connectivity index (χ1v) is 7.39. The quantitative estimate of drug-likeness (QED) is 0.771. The summed E-state index contributed by atoms with van der Waals surface area (Å²) in [6, 6.07) is 10.5. The van der Waals surface area contributed by atoms with Crippen molar-refractivity contribution >= 4 is 17.5 Å². The number of nitrogens with one attached hydrogen (secondary N) is 2. The Kier molecular flexibility index (Phi) is 6.42. The first-order chi connectivity index (χ1) is 12.4. The predicted molar refractivity (Wildman–Crippen MR) is 87.7 cm³/mol. The highest BCUT2D eigenvalue weighted by Crippen LogP contribution is 2.26. The van der Waals surface area contributed by atoms with E-state index in [0.717, 1.165) is 6.07 Å². The van der Waals surface area contributed by atoms with Crippen LogP contribution in [0.25, 0.3) is 5.32 Å². The van der Waals surface area contributed by atoms with Gasteiger partial charge in [-0.3, -0.25) is 20.4 Å². The van der Waals surface area contributed by atoms with Crippen molar-refractivity contribution < 1.29 is 27.5 Å². The number of rotatable bonds is 6. The van der Waals surface area contributed by atoms with Crippen LogP contribution in [0.3, 0.4) is 0 Å². The van der Waals surface area contributed by atoms with E-state index in [9.17, 15) is 22.8 Å². The smallest absolute Gasteiger partial charge is 0.317 e. The Hall–Kier alpha value is -3.23. The normalized spacial score (nSPS) is 10.3. The fourth-order valence-electron chi connectivity index (χ4n) is 1.95. The van der Waals surface area contributed by atoms with Crippen LogP contribution in [0, 0.1) is 5.82 Å². The van der Waals surface area contributed by atoms with E-state index in [1.54, 1.807) is 29.7 Å². The molecule has 2 amide bonds. The number of methoxy groups -OCH3 is 1. The SMILES string of the molecule is COc1cccc([N-]Cc2ccc(C(=O)NNC(=O)C(F)F)cc2F)c1. The molecular formula is C17H15F3N3O3-. The molecule has 0 bridgehead atoms. The number of hydrogen-bond acceptors (Lipinski definition) is 3. The number of benzene rings is 2. The van der Waals surface area contributed by atoms with Crippen molar-refractivity contribution in [1.82, 2.24) is 10.9 Å². The van der Waals surface area contributed by atoms with E-state index >= 15 is 0 Å². The van der Waals surface area contributed by atoms with Crippen LogP contribution in [0.4, 0.5) is 18.9 Å². The summed E-state index contributed by atoms with van der Waals surface area (Å²) in [4.78, 5) is 22.4. The molecule has 0 aromatic heterocycles. The number of nitrogens with zero attached hydrogens (tertiary/aromatic N) is 1. The number of carbonyl (C=O) groups is 2. The Morgan fingerprint density at radius 3 is 2.58 bits per heavy atom. The highest BCUT2D eigenvalue weighted by molar-refractivity contribution is 5.95. The fourth-order valence-corrected chi connectivity index (χ4v) is 1.95. The Morgan fingerprint density at radius 2 is 1.92 bits per heavy atom. The van der Waals surface area contributed by atoms with Crippen LogP contribution in [-0.4, -0.2) is 25.3 Å². The third-order valence-electron chi connectivity index (χ3n) is 3.30. The van der Waals surface area contributed by atoms with Gasteiger partial charge in [0.15, 0.2) is 0 Å². The average Bonchev–Trinajstić information content (AvgIpc) is 2.64. The number of hydrogen-bond donors (Lipinski definition) is 2. The summed E-state index contributed by atoms with van der Waals surface area (Å²) in [6.07, 6.45) is -3.27. The van der Waals surface area contributed by atoms with Crippen molar-refractivity contribution in [1.29, 1.82) is 0 Å². The summed E-state index contributed by atoms with van der Waals surface area (Å²) in [6.45, 7) is 0.0308. The van der Waals surface area contributed by atoms with E-state index in [2.05, 4.69) is 5.32 Å². The van der Waals surface area contributed by atoms with Crippen molar-refractivity contribution in [2.24, 2.45) is 0 Å². The van der Waals surface area contributed by atoms with Gasteiger partial charge in [-0.2, -0.15) is 8.78 Å². The summed E-state index contributed by atoms with van der Waals surface area (Å²) < 4.78 is 43.2. The molecule has 138 valence electrons. The second kappa shape index (κ2) is 8.75. The van der Waals surface area contributed by atoms with Crippen LogP contribution < -0.4 is 15.6 Å². The third-order valence-corrected chi connectivity index (χ3v) is 3.30. The van der Waals surface area contributed by atoms with Gasteiger partial charge in [-0.25, -0.2) is 4.39 Å². The molecular weight excluding hydrogens is 351 g/mol. The van der Waals surface area contributed by atoms with E-state index in [4.69, 9.17) is 4.74 Å². The van der Waals surface area contributed by atoms with Gasteiger partial charge in [0.05, 0.1) is 7.11 Å². The van der Waals surface area contributed by atoms with Gasteiger partial charge in [0.25, 0.3) is 5.91 Å². The van der Waals surface area contributed by atoms with Crippen LogP contribution in [-0.2, 0) is 11.3 Å². The summed E-state index contributed by atoms with van der Waals surface area (Å²) >= 11 is 0. The first kappa shape index (κ1) is 19.1. The van der Waals surface area contributed by atoms with Crippen LogP contribution in [0.5, 0.6) is 5.75 Å². The van der Waals surface area contributed by atoms with Crippen LogP contribution in [0.2, 0.25) is 0 Å². The van der Waals surface area contributed by atoms with Gasteiger partial charge < -0.3 is 10.1 Å². The molecule has 26 heavy (non-hydrogen) atoms. The molecule has 2 N–H and O–H groups in total. The van der Waals surface area contributed by atoms with E-state index in [-0.39, 0.29) is 17.7 Å². The lowest BCUT2D eigenvalue weighted by molar-refractivity contribution is -0.132. The van der Waals surface area contributed by atoms with Gasteiger partial charge in [0, 0.05) is 5.56 Å². The van der Waals surface area contributed by atoms with Gasteiger partial charge in [-0.05, 0) is 29.8 Å². The van der Waals surface area contributed by atoms with Crippen LogP contribution >= 0.6 is 0 Å². The van der Waals surface area contributed by atoms with Gasteiger partial charge in [-0.1, -0.05) is 18.2 Å². The summed E-state index contributed by atoms with van der Waals surface area (Å²) in [5.74, 6) is -2.66. The maximum atomic E-state index is 14.1. The summed E-state index contributed by atoms with van der Waals surface area (Å²) in [7, 11) is 1.52. The van der Waals surface area contributed by atoms with Crippen molar-refractivity contribution in [3.8, 4) is 5.75 Å². The van der Waals surface area contributed by atoms with Gasteiger partial charge >= 0.3 is 12.3 Å². The molecule has 0 saturated carbocycles. The van der Waals surface area contributed by atoms with Gasteiger partial charge in [0.1, 0.15) is 11.6 Å². The molecule has 0 radical (unpaired) electrons. The highest BCUT2D eigenvalue weighted by atomic mass is 19.3. The van der Waals surface area contributed by atoms with Crippen molar-refractivity contribution in [2.45, 2.75) is 13.0 Å². The molecule has 0 aliphatic rings. The zero-order valence-electron chi connectivity index (χ0n) is 13.6. The monoisotopic (exact) mass is 366 g/mol. The van der Waals surface area contributed by atoms with Crippen molar-refractivity contribution in [3.05, 3.63) is 64.7 Å². The number of hydrazine groups is 1. The van der Waals surface area contributed by atoms with Crippen LogP contribution in [0.15, 0.2) is 42.5 Å². The maximum absolute atomic E-state index is 14.1. The van der Waals surface area contributed by atoms with Gasteiger partial charge in [0.2, 0.25) is 0 Å². The van der Waals surface area contributed by atoms with Gasteiger partial charge in [-0.15, -0.1) is 12.2 Å². The highest BCUT2D eigenvalue weighted by Gasteiger charge is 2.16. The summed E-state index contributed by atoms with van der Waals surface area (Å²) in [5, 5.41) is 4.24. The number of halogens is 3.